The van der Waals surface area contributed by atoms with Gasteiger partial charge in [0.05, 0.1) is 11.5 Å². The van der Waals surface area contributed by atoms with Crippen LogP contribution in [0.15, 0.2) is 24.3 Å². The molecule has 8 heteroatoms. The van der Waals surface area contributed by atoms with Crippen molar-refractivity contribution in [2.75, 3.05) is 37.7 Å². The zero-order valence-corrected chi connectivity index (χ0v) is 16.0. The summed E-state index contributed by atoms with van der Waals surface area (Å²) in [5.41, 5.74) is 1.49. The fourth-order valence-electron chi connectivity index (χ4n) is 3.92. The molecule has 0 saturated carbocycles. The van der Waals surface area contributed by atoms with Crippen LogP contribution in [0.4, 0.5) is 0 Å². The molecule has 0 aliphatic carbocycles. The van der Waals surface area contributed by atoms with Crippen LogP contribution in [0.25, 0.3) is 10.9 Å². The highest BCUT2D eigenvalue weighted by Crippen LogP contribution is 2.23. The molecule has 0 atom stereocenters. The topological polar surface area (TPSA) is 73.5 Å². The molecule has 1 amide bonds. The Morgan fingerprint density at radius 1 is 1.08 bits per heavy atom. The van der Waals surface area contributed by atoms with Crippen molar-refractivity contribution in [3.63, 3.8) is 0 Å². The van der Waals surface area contributed by atoms with Crippen LogP contribution < -0.4 is 0 Å². The second-order valence-electron chi connectivity index (χ2n) is 7.13. The van der Waals surface area contributed by atoms with Crippen LogP contribution in [0.2, 0.25) is 5.02 Å². The number of rotatable bonds is 2. The van der Waals surface area contributed by atoms with E-state index in [0.29, 0.717) is 42.7 Å². The van der Waals surface area contributed by atoms with E-state index in [1.807, 2.05) is 23.1 Å². The minimum Gasteiger partial charge on any atom is -0.351 e. The number of sulfone groups is 1. The lowest BCUT2D eigenvalue weighted by Crippen LogP contribution is -2.53. The third kappa shape index (κ3) is 3.61. The van der Waals surface area contributed by atoms with Crippen LogP contribution in [0.3, 0.4) is 0 Å². The quantitative estimate of drug-likeness (QED) is 0.845. The normalized spacial score (nSPS) is 22.0. The van der Waals surface area contributed by atoms with Gasteiger partial charge in [-0.25, -0.2) is 8.42 Å². The van der Waals surface area contributed by atoms with Crippen molar-refractivity contribution < 1.29 is 13.2 Å². The van der Waals surface area contributed by atoms with Crippen LogP contribution in [0.5, 0.6) is 0 Å². The van der Waals surface area contributed by atoms with Gasteiger partial charge in [-0.15, -0.1) is 0 Å². The van der Waals surface area contributed by atoms with Crippen molar-refractivity contribution in [2.24, 2.45) is 0 Å². The molecule has 2 aromatic rings. The first-order valence-electron chi connectivity index (χ1n) is 8.93. The predicted molar refractivity (Wildman–Crippen MR) is 102 cm³/mol. The van der Waals surface area contributed by atoms with Gasteiger partial charge >= 0.3 is 0 Å². The van der Waals surface area contributed by atoms with Gasteiger partial charge in [-0.2, -0.15) is 0 Å². The summed E-state index contributed by atoms with van der Waals surface area (Å²) < 4.78 is 23.2. The molecule has 1 N–H and O–H groups in total. The molecule has 2 saturated heterocycles. The number of carbonyl (C=O) groups is 1. The van der Waals surface area contributed by atoms with Crippen molar-refractivity contribution in [3.05, 3.63) is 35.0 Å². The summed E-state index contributed by atoms with van der Waals surface area (Å²) in [5, 5.41) is 1.58. The Morgan fingerprint density at radius 3 is 2.46 bits per heavy atom. The number of carbonyl (C=O) groups excluding carboxylic acids is 1. The van der Waals surface area contributed by atoms with Crippen molar-refractivity contribution >= 4 is 38.2 Å². The Labute approximate surface area is 158 Å². The van der Waals surface area contributed by atoms with E-state index in [1.54, 1.807) is 6.07 Å². The molecule has 0 bridgehead atoms. The van der Waals surface area contributed by atoms with Gasteiger partial charge in [0.1, 0.15) is 15.5 Å². The Hall–Kier alpha value is -1.57. The molecule has 140 valence electrons. The Balaban J connectivity index is 1.38. The van der Waals surface area contributed by atoms with Gasteiger partial charge in [0.25, 0.3) is 5.91 Å². The molecule has 26 heavy (non-hydrogen) atoms. The van der Waals surface area contributed by atoms with Crippen LogP contribution in [-0.4, -0.2) is 72.8 Å². The van der Waals surface area contributed by atoms with Crippen LogP contribution in [-0.2, 0) is 9.84 Å². The summed E-state index contributed by atoms with van der Waals surface area (Å²) in [5.74, 6) is 0.575. The van der Waals surface area contributed by atoms with E-state index in [1.165, 1.54) is 0 Å². The molecule has 2 aliphatic heterocycles. The van der Waals surface area contributed by atoms with E-state index in [9.17, 15) is 13.2 Å². The number of nitrogens with zero attached hydrogens (tertiary/aromatic N) is 2. The maximum absolute atomic E-state index is 12.8. The van der Waals surface area contributed by atoms with E-state index < -0.39 is 9.84 Å². The lowest BCUT2D eigenvalue weighted by Gasteiger charge is -2.40. The highest BCUT2D eigenvalue weighted by Gasteiger charge is 2.31. The van der Waals surface area contributed by atoms with Gasteiger partial charge in [0, 0.05) is 48.1 Å². The zero-order chi connectivity index (χ0) is 18.3. The molecule has 2 aliphatic rings. The van der Waals surface area contributed by atoms with Crippen molar-refractivity contribution in [1.29, 1.82) is 0 Å². The highest BCUT2D eigenvalue weighted by molar-refractivity contribution is 7.91. The van der Waals surface area contributed by atoms with Crippen molar-refractivity contribution in [2.45, 2.75) is 18.9 Å². The number of hydrogen-bond acceptors (Lipinski definition) is 4. The number of aromatic amines is 1. The summed E-state index contributed by atoms with van der Waals surface area (Å²) in [4.78, 5) is 20.2. The van der Waals surface area contributed by atoms with E-state index in [4.69, 9.17) is 11.6 Å². The van der Waals surface area contributed by atoms with Crippen molar-refractivity contribution in [1.82, 2.24) is 14.8 Å². The Morgan fingerprint density at radius 2 is 1.77 bits per heavy atom. The van der Waals surface area contributed by atoms with Gasteiger partial charge < -0.3 is 9.88 Å². The van der Waals surface area contributed by atoms with Crippen LogP contribution in [0, 0.1) is 0 Å². The van der Waals surface area contributed by atoms with Crippen molar-refractivity contribution in [3.8, 4) is 0 Å². The standard InChI is InChI=1S/C18H22ClN3O3S/c19-14-1-2-16-13(11-14)12-17(20-16)18(23)22-7-5-21(6-8-22)15-3-9-26(24,25)10-4-15/h1-2,11-12,15,20H,3-10H2. The number of hydrogen-bond donors (Lipinski definition) is 1. The fraction of sp³-hybridized carbons (Fsp3) is 0.500. The number of piperazine rings is 1. The first kappa shape index (κ1) is 17.8. The molecule has 6 nitrogen and oxygen atoms in total. The zero-order valence-electron chi connectivity index (χ0n) is 14.4. The molecule has 1 aromatic carbocycles. The monoisotopic (exact) mass is 395 g/mol. The SMILES string of the molecule is O=C(c1cc2cc(Cl)ccc2[nH]1)N1CCN(C2CCS(=O)(=O)CC2)CC1. The molecule has 0 unspecified atom stereocenters. The average molecular weight is 396 g/mol. The maximum Gasteiger partial charge on any atom is 0.270 e. The highest BCUT2D eigenvalue weighted by atomic mass is 35.5. The summed E-state index contributed by atoms with van der Waals surface area (Å²) in [6.45, 7) is 2.92. The molecule has 4 rings (SSSR count). The largest absolute Gasteiger partial charge is 0.351 e. The van der Waals surface area contributed by atoms with E-state index >= 15 is 0 Å². The lowest BCUT2D eigenvalue weighted by molar-refractivity contribution is 0.0553. The van der Waals surface area contributed by atoms with E-state index in [-0.39, 0.29) is 17.4 Å². The lowest BCUT2D eigenvalue weighted by atomic mass is 10.1. The van der Waals surface area contributed by atoms with Gasteiger partial charge in [0.15, 0.2) is 0 Å². The first-order valence-corrected chi connectivity index (χ1v) is 11.1. The average Bonchev–Trinajstić information content (AvgIpc) is 3.04. The fourth-order valence-corrected chi connectivity index (χ4v) is 5.57. The number of amides is 1. The number of halogens is 1. The van der Waals surface area contributed by atoms with Gasteiger partial charge in [0.2, 0.25) is 0 Å². The maximum atomic E-state index is 12.8. The summed E-state index contributed by atoms with van der Waals surface area (Å²) >= 11 is 6.01. The van der Waals surface area contributed by atoms with Crippen LogP contribution >= 0.6 is 11.6 Å². The summed E-state index contributed by atoms with van der Waals surface area (Å²) in [7, 11) is -2.84. The van der Waals surface area contributed by atoms with Gasteiger partial charge in [-0.05, 0) is 37.1 Å². The second-order valence-corrected chi connectivity index (χ2v) is 9.87. The minimum atomic E-state index is -2.84. The summed E-state index contributed by atoms with van der Waals surface area (Å²) in [6, 6.07) is 7.70. The third-order valence-corrected chi connectivity index (χ3v) is 7.41. The molecule has 2 fully saturated rings. The molecule has 0 radical (unpaired) electrons. The predicted octanol–water partition coefficient (Wildman–Crippen LogP) is 2.16. The van der Waals surface area contributed by atoms with Gasteiger partial charge in [-0.1, -0.05) is 11.6 Å². The molecule has 1 aromatic heterocycles. The minimum absolute atomic E-state index is 0.00296. The Bertz CT molecular complexity index is 918. The van der Waals surface area contributed by atoms with E-state index in [2.05, 4.69) is 9.88 Å². The number of fused-ring (bicyclic) bond motifs is 1. The third-order valence-electron chi connectivity index (χ3n) is 5.46. The van der Waals surface area contributed by atoms with Crippen LogP contribution in [0.1, 0.15) is 23.3 Å². The first-order chi connectivity index (χ1) is 12.4. The second kappa shape index (κ2) is 6.87. The summed E-state index contributed by atoms with van der Waals surface area (Å²) in [6.07, 6.45) is 1.41. The number of H-pyrrole nitrogens is 1. The molecular formula is C18H22ClN3O3S. The molecule has 3 heterocycles. The molecule has 0 spiro atoms. The van der Waals surface area contributed by atoms with E-state index in [0.717, 1.165) is 24.0 Å². The number of benzene rings is 1. The van der Waals surface area contributed by atoms with Gasteiger partial charge in [-0.3, -0.25) is 9.69 Å². The number of nitrogens with one attached hydrogen (secondary N) is 1. The molecular weight excluding hydrogens is 374 g/mol. The Kier molecular flexibility index (Phi) is 4.71. The smallest absolute Gasteiger partial charge is 0.270 e. The number of aromatic nitrogens is 1.